The number of piperidine rings is 1. The van der Waals surface area contributed by atoms with Crippen molar-refractivity contribution in [3.8, 4) is 0 Å². The fourth-order valence-electron chi connectivity index (χ4n) is 4.93. The van der Waals surface area contributed by atoms with Gasteiger partial charge < -0.3 is 26.4 Å². The van der Waals surface area contributed by atoms with Crippen molar-refractivity contribution < 1.29 is 23.9 Å². The van der Waals surface area contributed by atoms with Crippen molar-refractivity contribution in [2.45, 2.75) is 18.5 Å². The van der Waals surface area contributed by atoms with E-state index in [9.17, 15) is 23.9 Å². The third-order valence-electron chi connectivity index (χ3n) is 6.73. The lowest BCUT2D eigenvalue weighted by molar-refractivity contribution is -0.126. The minimum absolute atomic E-state index is 0.0173. The molecule has 4 atom stereocenters. The summed E-state index contributed by atoms with van der Waals surface area (Å²) in [4.78, 5) is 39.7. The van der Waals surface area contributed by atoms with E-state index in [0.717, 1.165) is 6.42 Å². The predicted octanol–water partition coefficient (Wildman–Crippen LogP) is 3.06. The fraction of sp³-hybridized carbons (Fsp3) is 0.292. The second kappa shape index (κ2) is 8.86. The number of anilines is 1. The van der Waals surface area contributed by atoms with E-state index in [1.54, 1.807) is 24.3 Å². The van der Waals surface area contributed by atoms with E-state index < -0.39 is 42.5 Å². The molecule has 1 saturated carbocycles. The average Bonchev–Trinajstić information content (AvgIpc) is 3.34. The Morgan fingerprint density at radius 2 is 1.97 bits per heavy atom. The highest BCUT2D eigenvalue weighted by Crippen LogP contribution is 2.50. The van der Waals surface area contributed by atoms with E-state index in [-0.39, 0.29) is 22.4 Å². The van der Waals surface area contributed by atoms with E-state index in [1.807, 2.05) is 0 Å². The number of nitrogens with two attached hydrogens (primary N) is 1. The number of aromatic nitrogens is 1. The molecule has 1 aromatic heterocycles. The Balaban J connectivity index is 1.36. The number of benzene rings is 2. The molecule has 2 aliphatic rings. The molecule has 1 saturated heterocycles. The summed E-state index contributed by atoms with van der Waals surface area (Å²) in [6.07, 6.45) is 2.25. The van der Waals surface area contributed by atoms with Crippen LogP contribution in [0, 0.1) is 17.7 Å². The number of carbonyl (C=O) groups excluding carboxylic acids is 3. The molecule has 4 amide bonds. The molecule has 11 heteroatoms. The number of likely N-dealkylation sites (tertiary alicyclic amines) is 1. The summed E-state index contributed by atoms with van der Waals surface area (Å²) < 4.78 is 15.7. The molecule has 0 bridgehead atoms. The van der Waals surface area contributed by atoms with Crippen molar-refractivity contribution in [3.05, 3.63) is 65.1 Å². The third kappa shape index (κ3) is 4.08. The number of aliphatic hydroxyl groups excluding tert-OH is 1. The Hall–Kier alpha value is -3.63. The molecule has 35 heavy (non-hydrogen) atoms. The first-order chi connectivity index (χ1) is 16.8. The quantitative estimate of drug-likeness (QED) is 0.430. The van der Waals surface area contributed by atoms with E-state index >= 15 is 0 Å². The van der Waals surface area contributed by atoms with E-state index in [0.29, 0.717) is 23.1 Å². The number of hydrogen-bond donors (Lipinski definition) is 4. The normalized spacial score (nSPS) is 21.5. The van der Waals surface area contributed by atoms with Gasteiger partial charge in [0.25, 0.3) is 0 Å². The standard InChI is InChI=1S/C24H23ClFN5O4/c25-16-6-3-5-14(20(16)26)18(11-32)28-22(33)21-15-8-12(15)9-31(21)24(35)29-17-10-30(23(27)34)19-7-2-1-4-13(17)19/h1-7,10,12,15,18,21,32H,8-9,11H2,(H2,27,34)(H,28,33)(H,29,35)/t12-,15-,18-,21+/m1/s1. The van der Waals surface area contributed by atoms with Crippen LogP contribution in [-0.2, 0) is 4.79 Å². The van der Waals surface area contributed by atoms with Crippen LogP contribution in [0.4, 0.5) is 19.7 Å². The van der Waals surface area contributed by atoms with Gasteiger partial charge in [0.15, 0.2) is 0 Å². The molecular weight excluding hydrogens is 477 g/mol. The van der Waals surface area contributed by atoms with Gasteiger partial charge in [-0.25, -0.2) is 14.0 Å². The molecular formula is C24H23ClFN5O4. The van der Waals surface area contributed by atoms with Gasteiger partial charge in [-0.05, 0) is 30.4 Å². The minimum Gasteiger partial charge on any atom is -0.394 e. The number of nitrogens with one attached hydrogen (secondary N) is 2. The lowest BCUT2D eigenvalue weighted by Crippen LogP contribution is -2.50. The zero-order chi connectivity index (χ0) is 24.9. The molecule has 0 unspecified atom stereocenters. The first-order valence-electron chi connectivity index (χ1n) is 11.1. The van der Waals surface area contributed by atoms with Gasteiger partial charge in [0.2, 0.25) is 5.91 Å². The lowest BCUT2D eigenvalue weighted by atomic mass is 10.1. The number of halogens is 2. The van der Waals surface area contributed by atoms with Crippen molar-refractivity contribution in [2.75, 3.05) is 18.5 Å². The smallest absolute Gasteiger partial charge is 0.323 e. The molecule has 182 valence electrons. The van der Waals surface area contributed by atoms with Gasteiger partial charge in [-0.15, -0.1) is 0 Å². The number of primary amides is 1. The van der Waals surface area contributed by atoms with Crippen LogP contribution >= 0.6 is 11.6 Å². The molecule has 0 radical (unpaired) electrons. The number of urea groups is 1. The Kier molecular flexibility index (Phi) is 5.86. The van der Waals surface area contributed by atoms with Crippen molar-refractivity contribution in [1.29, 1.82) is 0 Å². The van der Waals surface area contributed by atoms with Crippen LogP contribution in [0.3, 0.4) is 0 Å². The zero-order valence-electron chi connectivity index (χ0n) is 18.4. The highest BCUT2D eigenvalue weighted by molar-refractivity contribution is 6.30. The van der Waals surface area contributed by atoms with Gasteiger partial charge in [0, 0.05) is 23.7 Å². The fourth-order valence-corrected chi connectivity index (χ4v) is 5.11. The van der Waals surface area contributed by atoms with Gasteiger partial charge in [-0.2, -0.15) is 0 Å². The summed E-state index contributed by atoms with van der Waals surface area (Å²) >= 11 is 5.85. The number of nitrogens with zero attached hydrogens (tertiary/aromatic N) is 2. The molecule has 1 aliphatic carbocycles. The summed E-state index contributed by atoms with van der Waals surface area (Å²) in [5, 5.41) is 15.8. The predicted molar refractivity (Wildman–Crippen MR) is 127 cm³/mol. The number of hydrogen-bond acceptors (Lipinski definition) is 4. The molecule has 2 fully saturated rings. The van der Waals surface area contributed by atoms with Crippen LogP contribution in [0.5, 0.6) is 0 Å². The Bertz CT molecular complexity index is 1340. The maximum absolute atomic E-state index is 14.5. The summed E-state index contributed by atoms with van der Waals surface area (Å²) in [5.41, 5.74) is 6.45. The maximum Gasteiger partial charge on any atom is 0.323 e. The number of aliphatic hydroxyl groups is 1. The Labute approximate surface area is 204 Å². The first-order valence-corrected chi connectivity index (χ1v) is 11.5. The van der Waals surface area contributed by atoms with Gasteiger partial charge in [-0.3, -0.25) is 9.36 Å². The van der Waals surface area contributed by atoms with E-state index in [1.165, 1.54) is 33.9 Å². The minimum atomic E-state index is -1.02. The highest BCUT2D eigenvalue weighted by atomic mass is 35.5. The van der Waals surface area contributed by atoms with Crippen molar-refractivity contribution >= 4 is 46.2 Å². The molecule has 9 nitrogen and oxygen atoms in total. The third-order valence-corrected chi connectivity index (χ3v) is 7.02. The SMILES string of the molecule is NC(=O)n1cc(NC(=O)N2C[C@H]3C[C@H]3[C@H]2C(=O)N[C@H](CO)c2cccc(Cl)c2F)c2ccccc21. The molecule has 5 N–H and O–H groups in total. The maximum atomic E-state index is 14.5. The van der Waals surface area contributed by atoms with Gasteiger partial charge in [-0.1, -0.05) is 41.9 Å². The van der Waals surface area contributed by atoms with Crippen LogP contribution in [0.15, 0.2) is 48.7 Å². The summed E-state index contributed by atoms with van der Waals surface area (Å²) in [5.74, 6) is -1.02. The highest BCUT2D eigenvalue weighted by Gasteiger charge is 2.57. The lowest BCUT2D eigenvalue weighted by Gasteiger charge is -2.28. The van der Waals surface area contributed by atoms with Crippen LogP contribution in [0.1, 0.15) is 18.0 Å². The number of carbonyl (C=O) groups is 3. The van der Waals surface area contributed by atoms with Crippen molar-refractivity contribution in [3.63, 3.8) is 0 Å². The molecule has 5 rings (SSSR count). The second-order valence-corrected chi connectivity index (χ2v) is 9.25. The molecule has 1 aliphatic heterocycles. The van der Waals surface area contributed by atoms with Crippen molar-refractivity contribution in [1.82, 2.24) is 14.8 Å². The van der Waals surface area contributed by atoms with E-state index in [4.69, 9.17) is 17.3 Å². The molecule has 2 heterocycles. The summed E-state index contributed by atoms with van der Waals surface area (Å²) in [7, 11) is 0. The Morgan fingerprint density at radius 3 is 2.71 bits per heavy atom. The summed E-state index contributed by atoms with van der Waals surface area (Å²) in [6, 6.07) is 8.35. The number of para-hydroxylation sites is 1. The van der Waals surface area contributed by atoms with Crippen LogP contribution < -0.4 is 16.4 Å². The number of rotatable bonds is 5. The molecule has 0 spiro atoms. The molecule has 3 aromatic rings. The topological polar surface area (TPSA) is 130 Å². The monoisotopic (exact) mass is 499 g/mol. The Morgan fingerprint density at radius 1 is 1.20 bits per heavy atom. The van der Waals surface area contributed by atoms with E-state index in [2.05, 4.69) is 10.6 Å². The zero-order valence-corrected chi connectivity index (χ0v) is 19.2. The van der Waals surface area contributed by atoms with Crippen LogP contribution in [0.25, 0.3) is 10.9 Å². The van der Waals surface area contributed by atoms with Gasteiger partial charge in [0.05, 0.1) is 28.9 Å². The number of fused-ring (bicyclic) bond motifs is 2. The number of amides is 4. The first kappa shape index (κ1) is 23.1. The van der Waals surface area contributed by atoms with Gasteiger partial charge in [0.1, 0.15) is 11.9 Å². The average molecular weight is 500 g/mol. The van der Waals surface area contributed by atoms with Crippen molar-refractivity contribution in [2.24, 2.45) is 17.6 Å². The second-order valence-electron chi connectivity index (χ2n) is 8.84. The molecule has 2 aromatic carbocycles. The summed E-state index contributed by atoms with van der Waals surface area (Å²) in [6.45, 7) is -0.152. The largest absolute Gasteiger partial charge is 0.394 e. The van der Waals surface area contributed by atoms with Crippen LogP contribution in [0.2, 0.25) is 5.02 Å². The van der Waals surface area contributed by atoms with Crippen LogP contribution in [-0.4, -0.2) is 51.7 Å². The van der Waals surface area contributed by atoms with Gasteiger partial charge >= 0.3 is 12.1 Å².